The first-order chi connectivity index (χ1) is 17.7. The Kier molecular flexibility index (Phi) is 7.79. The lowest BCUT2D eigenvalue weighted by Crippen LogP contribution is -2.32. The summed E-state index contributed by atoms with van der Waals surface area (Å²) in [4.78, 5) is 13.9. The van der Waals surface area contributed by atoms with Crippen LogP contribution in [0.25, 0.3) is 0 Å². The summed E-state index contributed by atoms with van der Waals surface area (Å²) in [5.41, 5.74) is 5.12. The Morgan fingerprint density at radius 3 is 2.14 bits per heavy atom. The summed E-state index contributed by atoms with van der Waals surface area (Å²) in [6.45, 7) is 8.11. The summed E-state index contributed by atoms with van der Waals surface area (Å²) in [5.74, 6) is -0.147. The third-order valence-corrected chi connectivity index (χ3v) is 8.13. The predicted octanol–water partition coefficient (Wildman–Crippen LogP) is 7.07. The zero-order valence-corrected chi connectivity index (χ0v) is 22.4. The fourth-order valence-electron chi connectivity index (χ4n) is 4.29. The Morgan fingerprint density at radius 2 is 1.46 bits per heavy atom. The summed E-state index contributed by atoms with van der Waals surface area (Å²) in [6.07, 6.45) is 0. The fraction of sp³-hybridized carbons (Fsp3) is 0.194. The molecule has 1 amide bonds. The van der Waals surface area contributed by atoms with Crippen molar-refractivity contribution < 1.29 is 13.2 Å². The van der Waals surface area contributed by atoms with Crippen LogP contribution in [0.3, 0.4) is 0 Å². The van der Waals surface area contributed by atoms with E-state index in [0.29, 0.717) is 5.69 Å². The van der Waals surface area contributed by atoms with Crippen molar-refractivity contribution in [1.82, 2.24) is 0 Å². The molecule has 0 unspecified atom stereocenters. The maximum Gasteiger partial charge on any atom is 0.264 e. The van der Waals surface area contributed by atoms with Gasteiger partial charge >= 0.3 is 0 Å². The number of sulfonamides is 1. The molecule has 0 fully saturated rings. The van der Waals surface area contributed by atoms with E-state index in [9.17, 15) is 13.2 Å². The number of hydrogen-bond donors (Lipinski definition) is 1. The number of carbonyl (C=O) groups is 1. The van der Waals surface area contributed by atoms with Gasteiger partial charge in [-0.3, -0.25) is 9.10 Å². The molecule has 0 bridgehead atoms. The third-order valence-electron chi connectivity index (χ3n) is 6.36. The number of amides is 1. The van der Waals surface area contributed by atoms with Gasteiger partial charge in [0.25, 0.3) is 15.9 Å². The van der Waals surface area contributed by atoms with Crippen molar-refractivity contribution in [3.05, 3.63) is 125 Å². The fourth-order valence-corrected chi connectivity index (χ4v) is 5.76. The lowest BCUT2D eigenvalue weighted by molar-refractivity contribution is 0.102. The predicted molar refractivity (Wildman–Crippen MR) is 151 cm³/mol. The van der Waals surface area contributed by atoms with Crippen LogP contribution in [0.1, 0.15) is 52.4 Å². The molecule has 0 aliphatic heterocycles. The number of nitrogens with one attached hydrogen (secondary N) is 1. The quantitative estimate of drug-likeness (QED) is 0.274. The molecule has 0 aliphatic carbocycles. The highest BCUT2D eigenvalue weighted by Crippen LogP contribution is 2.32. The summed E-state index contributed by atoms with van der Waals surface area (Å²) in [7, 11) is -3.97. The van der Waals surface area contributed by atoms with Gasteiger partial charge in [-0.25, -0.2) is 8.42 Å². The smallest absolute Gasteiger partial charge is 0.264 e. The molecule has 0 saturated carbocycles. The maximum absolute atomic E-state index is 14.0. The van der Waals surface area contributed by atoms with E-state index < -0.39 is 10.0 Å². The van der Waals surface area contributed by atoms with Gasteiger partial charge in [0, 0.05) is 5.69 Å². The zero-order chi connectivity index (χ0) is 26.6. The molecule has 1 N–H and O–H groups in total. The van der Waals surface area contributed by atoms with Crippen LogP contribution >= 0.6 is 0 Å². The van der Waals surface area contributed by atoms with Crippen molar-refractivity contribution in [1.29, 1.82) is 0 Å². The van der Waals surface area contributed by atoms with E-state index in [4.69, 9.17) is 0 Å². The normalized spacial score (nSPS) is 11.4. The number of anilines is 2. The van der Waals surface area contributed by atoms with Gasteiger partial charge in [-0.15, -0.1) is 0 Å². The van der Waals surface area contributed by atoms with Gasteiger partial charge in [0.05, 0.1) is 22.7 Å². The monoisotopic (exact) mass is 512 g/mol. The van der Waals surface area contributed by atoms with E-state index in [1.165, 1.54) is 4.31 Å². The molecule has 4 aromatic carbocycles. The molecule has 0 atom stereocenters. The van der Waals surface area contributed by atoms with Crippen LogP contribution in [0.4, 0.5) is 11.4 Å². The van der Waals surface area contributed by atoms with Crippen LogP contribution in [0.15, 0.2) is 102 Å². The van der Waals surface area contributed by atoms with Crippen molar-refractivity contribution in [3.63, 3.8) is 0 Å². The second-order valence-corrected chi connectivity index (χ2v) is 11.3. The van der Waals surface area contributed by atoms with Crippen LogP contribution in [0.2, 0.25) is 0 Å². The number of rotatable bonds is 8. The highest BCUT2D eigenvalue weighted by atomic mass is 32.2. The molecule has 0 heterocycles. The van der Waals surface area contributed by atoms with Gasteiger partial charge in [-0.2, -0.15) is 0 Å². The van der Waals surface area contributed by atoms with Crippen molar-refractivity contribution in [3.8, 4) is 0 Å². The average molecular weight is 513 g/mol. The number of hydrogen-bond acceptors (Lipinski definition) is 3. The molecular weight excluding hydrogens is 480 g/mol. The Bertz CT molecular complexity index is 1500. The van der Waals surface area contributed by atoms with Crippen LogP contribution < -0.4 is 9.62 Å². The third kappa shape index (κ3) is 5.75. The molecule has 0 saturated heterocycles. The molecule has 0 aromatic heterocycles. The van der Waals surface area contributed by atoms with E-state index in [-0.39, 0.29) is 28.8 Å². The number of aryl methyl sites for hydroxylation is 2. The van der Waals surface area contributed by atoms with Gasteiger partial charge in [0.1, 0.15) is 0 Å². The SMILES string of the molecule is Cc1ccc(S(=O)(=O)N(Cc2ccccc2)c2ccccc2C(=O)Nc2c(C)cccc2C(C)C)cc1. The molecule has 37 heavy (non-hydrogen) atoms. The van der Waals surface area contributed by atoms with Gasteiger partial charge < -0.3 is 5.32 Å². The Labute approximate surface area is 219 Å². The first-order valence-electron chi connectivity index (χ1n) is 12.3. The molecule has 4 rings (SSSR count). The summed E-state index contributed by atoms with van der Waals surface area (Å²) < 4.78 is 29.3. The number of benzene rings is 4. The Balaban J connectivity index is 1.81. The second-order valence-electron chi connectivity index (χ2n) is 9.48. The van der Waals surface area contributed by atoms with Crippen molar-refractivity contribution in [2.45, 2.75) is 45.1 Å². The van der Waals surface area contributed by atoms with Gasteiger partial charge in [-0.1, -0.05) is 92.2 Å². The lowest BCUT2D eigenvalue weighted by Gasteiger charge is -2.27. The molecular formula is C31H32N2O3S. The highest BCUT2D eigenvalue weighted by molar-refractivity contribution is 7.92. The van der Waals surface area contributed by atoms with Crippen LogP contribution in [-0.4, -0.2) is 14.3 Å². The zero-order valence-electron chi connectivity index (χ0n) is 21.6. The summed E-state index contributed by atoms with van der Waals surface area (Å²) >= 11 is 0. The second kappa shape index (κ2) is 11.0. The molecule has 6 heteroatoms. The maximum atomic E-state index is 14.0. The van der Waals surface area contributed by atoms with E-state index in [1.807, 2.05) is 62.4 Å². The Morgan fingerprint density at radius 1 is 0.811 bits per heavy atom. The molecule has 5 nitrogen and oxygen atoms in total. The number of nitrogens with zero attached hydrogens (tertiary/aromatic N) is 1. The lowest BCUT2D eigenvalue weighted by atomic mass is 9.98. The van der Waals surface area contributed by atoms with Crippen molar-refractivity contribution in [2.75, 3.05) is 9.62 Å². The van der Waals surface area contributed by atoms with Crippen LogP contribution in [0, 0.1) is 13.8 Å². The summed E-state index contributed by atoms with van der Waals surface area (Å²) in [6, 6.07) is 28.9. The average Bonchev–Trinajstić information content (AvgIpc) is 2.89. The minimum atomic E-state index is -3.97. The van der Waals surface area contributed by atoms with Gasteiger partial charge in [-0.05, 0) is 60.7 Å². The van der Waals surface area contributed by atoms with Gasteiger partial charge in [0.15, 0.2) is 0 Å². The highest BCUT2D eigenvalue weighted by Gasteiger charge is 2.29. The minimum absolute atomic E-state index is 0.0863. The largest absolute Gasteiger partial charge is 0.321 e. The molecule has 190 valence electrons. The van der Waals surface area contributed by atoms with E-state index >= 15 is 0 Å². The van der Waals surface area contributed by atoms with Crippen molar-refractivity contribution in [2.24, 2.45) is 0 Å². The molecule has 0 aliphatic rings. The number of carbonyl (C=O) groups excluding carboxylic acids is 1. The Hall–Kier alpha value is -3.90. The summed E-state index contributed by atoms with van der Waals surface area (Å²) in [5, 5.41) is 3.07. The topological polar surface area (TPSA) is 66.5 Å². The van der Waals surface area contributed by atoms with Crippen LogP contribution in [-0.2, 0) is 16.6 Å². The van der Waals surface area contributed by atoms with E-state index in [1.54, 1.807) is 48.5 Å². The van der Waals surface area contributed by atoms with Crippen molar-refractivity contribution >= 4 is 27.3 Å². The molecule has 4 aromatic rings. The minimum Gasteiger partial charge on any atom is -0.321 e. The number of para-hydroxylation sites is 2. The first kappa shape index (κ1) is 26.2. The standard InChI is InChI=1S/C31H32N2O3S/c1-22(2)27-15-10-11-24(4)30(27)32-31(34)28-14-8-9-16-29(28)33(21-25-12-6-5-7-13-25)37(35,36)26-19-17-23(3)18-20-26/h5-20,22H,21H2,1-4H3,(H,32,34). The molecule has 0 radical (unpaired) electrons. The van der Waals surface area contributed by atoms with Gasteiger partial charge in [0.2, 0.25) is 0 Å². The van der Waals surface area contributed by atoms with E-state index in [2.05, 4.69) is 19.2 Å². The molecule has 0 spiro atoms. The van der Waals surface area contributed by atoms with E-state index in [0.717, 1.165) is 27.9 Å². The first-order valence-corrected chi connectivity index (χ1v) is 13.8. The van der Waals surface area contributed by atoms with Crippen LogP contribution in [0.5, 0.6) is 0 Å².